The van der Waals surface area contributed by atoms with Gasteiger partial charge in [-0.15, -0.1) is 0 Å². The van der Waals surface area contributed by atoms with Gasteiger partial charge in [-0.05, 0) is 32.6 Å². The molecule has 3 N–H and O–H groups in total. The predicted octanol–water partition coefficient (Wildman–Crippen LogP) is 1.42. The van der Waals surface area contributed by atoms with E-state index in [1.807, 2.05) is 26.2 Å². The van der Waals surface area contributed by atoms with E-state index in [1.54, 1.807) is 6.07 Å². The SMILES string of the molecule is CN(C)CC1CC(O)CN1c1cccc(Cl)c1N. The van der Waals surface area contributed by atoms with Gasteiger partial charge >= 0.3 is 0 Å². The topological polar surface area (TPSA) is 52.7 Å². The Hall–Kier alpha value is -0.970. The van der Waals surface area contributed by atoms with E-state index in [-0.39, 0.29) is 12.1 Å². The molecule has 0 radical (unpaired) electrons. The van der Waals surface area contributed by atoms with E-state index in [0.717, 1.165) is 18.7 Å². The Labute approximate surface area is 113 Å². The summed E-state index contributed by atoms with van der Waals surface area (Å²) in [5.41, 5.74) is 7.55. The molecule has 2 unspecified atom stereocenters. The average molecular weight is 270 g/mol. The van der Waals surface area contributed by atoms with Crippen LogP contribution in [0.3, 0.4) is 0 Å². The van der Waals surface area contributed by atoms with E-state index in [2.05, 4.69) is 9.80 Å². The third-order valence-corrected chi connectivity index (χ3v) is 3.64. The molecule has 1 heterocycles. The van der Waals surface area contributed by atoms with Crippen LogP contribution < -0.4 is 10.6 Å². The number of aliphatic hydroxyl groups is 1. The number of para-hydroxylation sites is 1. The van der Waals surface area contributed by atoms with Gasteiger partial charge in [0.05, 0.1) is 22.5 Å². The molecular formula is C13H20ClN3O. The number of hydrogen-bond donors (Lipinski definition) is 2. The van der Waals surface area contributed by atoms with Crippen molar-refractivity contribution in [2.24, 2.45) is 0 Å². The van der Waals surface area contributed by atoms with E-state index in [4.69, 9.17) is 17.3 Å². The van der Waals surface area contributed by atoms with Crippen molar-refractivity contribution in [3.05, 3.63) is 23.2 Å². The number of nitrogen functional groups attached to an aromatic ring is 1. The standard InChI is InChI=1S/C13H20ClN3O/c1-16(2)7-9-6-10(18)8-17(9)12-5-3-4-11(14)13(12)15/h3-5,9-10,18H,6-8,15H2,1-2H3. The molecule has 18 heavy (non-hydrogen) atoms. The largest absolute Gasteiger partial charge is 0.396 e. The van der Waals surface area contributed by atoms with E-state index in [0.29, 0.717) is 17.3 Å². The van der Waals surface area contributed by atoms with E-state index in [1.165, 1.54) is 0 Å². The van der Waals surface area contributed by atoms with Gasteiger partial charge in [-0.2, -0.15) is 0 Å². The molecule has 4 nitrogen and oxygen atoms in total. The van der Waals surface area contributed by atoms with Crippen LogP contribution in [0.2, 0.25) is 5.02 Å². The normalized spacial score (nSPS) is 23.9. The van der Waals surface area contributed by atoms with Gasteiger partial charge in [0.15, 0.2) is 0 Å². The van der Waals surface area contributed by atoms with Crippen LogP contribution in [0.4, 0.5) is 11.4 Å². The second-order valence-corrected chi connectivity index (χ2v) is 5.54. The fourth-order valence-electron chi connectivity index (χ4n) is 2.56. The Kier molecular flexibility index (Phi) is 4.00. The first-order chi connectivity index (χ1) is 8.49. The molecule has 0 aliphatic carbocycles. The maximum absolute atomic E-state index is 9.87. The molecule has 0 bridgehead atoms. The molecule has 0 amide bonds. The minimum Gasteiger partial charge on any atom is -0.396 e. The molecule has 0 saturated carbocycles. The second kappa shape index (κ2) is 5.34. The van der Waals surface area contributed by atoms with E-state index in [9.17, 15) is 5.11 Å². The van der Waals surface area contributed by atoms with Gasteiger partial charge in [0, 0.05) is 19.1 Å². The van der Waals surface area contributed by atoms with Crippen molar-refractivity contribution in [3.63, 3.8) is 0 Å². The predicted molar refractivity (Wildman–Crippen MR) is 76.2 cm³/mol. The number of likely N-dealkylation sites (N-methyl/N-ethyl adjacent to an activating group) is 1. The van der Waals surface area contributed by atoms with Crippen LogP contribution in [0.1, 0.15) is 6.42 Å². The van der Waals surface area contributed by atoms with Crippen molar-refractivity contribution in [2.45, 2.75) is 18.6 Å². The fraction of sp³-hybridized carbons (Fsp3) is 0.538. The monoisotopic (exact) mass is 269 g/mol. The summed E-state index contributed by atoms with van der Waals surface area (Å²) in [5.74, 6) is 0. The highest BCUT2D eigenvalue weighted by Gasteiger charge is 2.32. The first-order valence-corrected chi connectivity index (χ1v) is 6.50. The molecule has 2 rings (SSSR count). The third-order valence-electron chi connectivity index (χ3n) is 3.31. The summed E-state index contributed by atoms with van der Waals surface area (Å²) in [6.45, 7) is 1.51. The molecule has 1 aliphatic heterocycles. The Morgan fingerprint density at radius 1 is 1.50 bits per heavy atom. The molecular weight excluding hydrogens is 250 g/mol. The highest BCUT2D eigenvalue weighted by molar-refractivity contribution is 6.33. The van der Waals surface area contributed by atoms with Crippen molar-refractivity contribution >= 4 is 23.0 Å². The number of rotatable bonds is 3. The quantitative estimate of drug-likeness (QED) is 0.815. The minimum atomic E-state index is -0.298. The highest BCUT2D eigenvalue weighted by atomic mass is 35.5. The fourth-order valence-corrected chi connectivity index (χ4v) is 2.73. The third kappa shape index (κ3) is 2.71. The van der Waals surface area contributed by atoms with Crippen molar-refractivity contribution < 1.29 is 5.11 Å². The van der Waals surface area contributed by atoms with Crippen molar-refractivity contribution in [3.8, 4) is 0 Å². The van der Waals surface area contributed by atoms with Crippen LogP contribution in [0, 0.1) is 0 Å². The summed E-state index contributed by atoms with van der Waals surface area (Å²) in [6, 6.07) is 5.91. The van der Waals surface area contributed by atoms with Crippen molar-refractivity contribution in [1.82, 2.24) is 4.90 Å². The zero-order valence-corrected chi connectivity index (χ0v) is 11.6. The molecule has 0 spiro atoms. The Balaban J connectivity index is 2.27. The van der Waals surface area contributed by atoms with Crippen LogP contribution in [-0.2, 0) is 0 Å². The van der Waals surface area contributed by atoms with Crippen LogP contribution in [0.5, 0.6) is 0 Å². The van der Waals surface area contributed by atoms with E-state index < -0.39 is 0 Å². The maximum atomic E-state index is 9.87. The molecule has 1 aromatic rings. The second-order valence-electron chi connectivity index (χ2n) is 5.13. The lowest BCUT2D eigenvalue weighted by Gasteiger charge is -2.29. The summed E-state index contributed by atoms with van der Waals surface area (Å²) < 4.78 is 0. The number of aliphatic hydroxyl groups excluding tert-OH is 1. The first-order valence-electron chi connectivity index (χ1n) is 6.12. The molecule has 1 fully saturated rings. The smallest absolute Gasteiger partial charge is 0.0741 e. The summed E-state index contributed by atoms with van der Waals surface area (Å²) in [4.78, 5) is 4.28. The number of hydrogen-bond acceptors (Lipinski definition) is 4. The van der Waals surface area contributed by atoms with Crippen molar-refractivity contribution in [2.75, 3.05) is 37.8 Å². The Bertz CT molecular complexity index is 425. The van der Waals surface area contributed by atoms with Gasteiger partial charge in [-0.1, -0.05) is 17.7 Å². The lowest BCUT2D eigenvalue weighted by atomic mass is 10.1. The molecule has 1 aromatic carbocycles. The number of halogens is 1. The molecule has 1 saturated heterocycles. The summed E-state index contributed by atoms with van der Waals surface area (Å²) in [6.07, 6.45) is 0.470. The first kappa shape index (κ1) is 13.5. The molecule has 2 atom stereocenters. The maximum Gasteiger partial charge on any atom is 0.0741 e. The van der Waals surface area contributed by atoms with Crippen LogP contribution in [-0.4, -0.2) is 49.3 Å². The van der Waals surface area contributed by atoms with Crippen LogP contribution in [0.25, 0.3) is 0 Å². The lowest BCUT2D eigenvalue weighted by Crippen LogP contribution is -2.38. The highest BCUT2D eigenvalue weighted by Crippen LogP contribution is 2.34. The zero-order chi connectivity index (χ0) is 13.3. The van der Waals surface area contributed by atoms with Crippen LogP contribution in [0.15, 0.2) is 18.2 Å². The summed E-state index contributed by atoms with van der Waals surface area (Å²) in [7, 11) is 4.06. The number of β-amino-alcohol motifs (C(OH)–C–C–N with tert-alkyl or cyclic N) is 1. The Morgan fingerprint density at radius 2 is 2.22 bits per heavy atom. The average Bonchev–Trinajstić information content (AvgIpc) is 2.62. The molecule has 100 valence electrons. The van der Waals surface area contributed by atoms with E-state index >= 15 is 0 Å². The van der Waals surface area contributed by atoms with Gasteiger partial charge in [0.1, 0.15) is 0 Å². The Morgan fingerprint density at radius 3 is 2.89 bits per heavy atom. The van der Waals surface area contributed by atoms with Gasteiger partial charge in [0.2, 0.25) is 0 Å². The van der Waals surface area contributed by atoms with Gasteiger partial charge in [-0.25, -0.2) is 0 Å². The molecule has 1 aliphatic rings. The zero-order valence-electron chi connectivity index (χ0n) is 10.8. The van der Waals surface area contributed by atoms with Gasteiger partial charge in [-0.3, -0.25) is 0 Å². The molecule has 0 aromatic heterocycles. The number of benzene rings is 1. The number of nitrogens with zero attached hydrogens (tertiary/aromatic N) is 2. The minimum absolute atomic E-state index is 0.274. The number of nitrogens with two attached hydrogens (primary N) is 1. The lowest BCUT2D eigenvalue weighted by molar-refractivity contribution is 0.191. The summed E-state index contributed by atoms with van der Waals surface area (Å²) >= 11 is 6.06. The number of anilines is 2. The van der Waals surface area contributed by atoms with Crippen molar-refractivity contribution in [1.29, 1.82) is 0 Å². The van der Waals surface area contributed by atoms with Gasteiger partial charge in [0.25, 0.3) is 0 Å². The van der Waals surface area contributed by atoms with Gasteiger partial charge < -0.3 is 20.6 Å². The molecule has 5 heteroatoms. The van der Waals surface area contributed by atoms with Crippen LogP contribution >= 0.6 is 11.6 Å². The summed E-state index contributed by atoms with van der Waals surface area (Å²) in [5, 5.41) is 10.4.